The minimum absolute atomic E-state index is 0.0384. The molecule has 0 radical (unpaired) electrons. The van der Waals surface area contributed by atoms with Gasteiger partial charge in [0.15, 0.2) is 0 Å². The Balaban J connectivity index is 2.54. The van der Waals surface area contributed by atoms with E-state index < -0.39 is 24.3 Å². The number of carbonyl (C=O) groups is 1. The number of amides is 2. The summed E-state index contributed by atoms with van der Waals surface area (Å²) in [6, 6.07) is 3.99. The first-order valence-electron chi connectivity index (χ1n) is 5.62. The third-order valence-electron chi connectivity index (χ3n) is 2.16. The average Bonchev–Trinajstić information content (AvgIpc) is 2.35. The van der Waals surface area contributed by atoms with E-state index in [1.54, 1.807) is 5.32 Å². The van der Waals surface area contributed by atoms with Crippen LogP contribution in [0.2, 0.25) is 0 Å². The van der Waals surface area contributed by atoms with E-state index in [4.69, 9.17) is 0 Å². The molecule has 0 spiro atoms. The average molecular weight is 364 g/mol. The summed E-state index contributed by atoms with van der Waals surface area (Å²) in [7, 11) is 0. The maximum absolute atomic E-state index is 12.1. The number of nitrogens with one attached hydrogen (secondary N) is 1. The summed E-state index contributed by atoms with van der Waals surface area (Å²) < 4.78 is 72.9. The van der Waals surface area contributed by atoms with Gasteiger partial charge < -0.3 is 5.32 Å². The molecule has 1 aromatic rings. The third-order valence-corrected chi connectivity index (χ3v) is 3.23. The lowest BCUT2D eigenvalue weighted by atomic mass is 10.2. The number of benzene rings is 1. The normalized spacial score (nSPS) is 12.1. The maximum Gasteiger partial charge on any atom is 0.446 e. The van der Waals surface area contributed by atoms with Crippen molar-refractivity contribution in [3.63, 3.8) is 0 Å². The fourth-order valence-electron chi connectivity index (χ4n) is 1.31. The highest BCUT2D eigenvalue weighted by atomic mass is 32.2. The minimum atomic E-state index is -4.54. The number of hydrogen-bond donors (Lipinski definition) is 2. The van der Waals surface area contributed by atoms with Gasteiger partial charge in [-0.1, -0.05) is 24.9 Å². The monoisotopic (exact) mass is 364 g/mol. The van der Waals surface area contributed by atoms with Crippen molar-refractivity contribution in [3.8, 4) is 0 Å². The van der Waals surface area contributed by atoms with Crippen LogP contribution < -0.4 is 5.32 Å². The van der Waals surface area contributed by atoms with Crippen molar-refractivity contribution in [2.24, 2.45) is 0 Å². The highest BCUT2D eigenvalue weighted by Crippen LogP contribution is 2.36. The van der Waals surface area contributed by atoms with E-state index >= 15 is 0 Å². The van der Waals surface area contributed by atoms with Crippen LogP contribution in [0.25, 0.3) is 0 Å². The number of alkyl halides is 6. The van der Waals surface area contributed by atoms with Gasteiger partial charge in [0, 0.05) is 4.90 Å². The van der Waals surface area contributed by atoms with Crippen molar-refractivity contribution in [2.45, 2.75) is 23.1 Å². The van der Waals surface area contributed by atoms with Gasteiger partial charge in [-0.3, -0.25) is 4.31 Å². The number of thiol groups is 1. The fourth-order valence-corrected chi connectivity index (χ4v) is 2.08. The molecule has 0 heterocycles. The Hall–Kier alpha value is -1.23. The summed E-state index contributed by atoms with van der Waals surface area (Å²) in [5.74, 6) is 0. The van der Waals surface area contributed by atoms with E-state index in [1.165, 1.54) is 24.3 Å². The van der Waals surface area contributed by atoms with Crippen molar-refractivity contribution in [3.05, 3.63) is 29.8 Å². The molecule has 0 aliphatic rings. The SMILES string of the molecule is O=C(NCC(F)(F)F)N(S)Cc1ccc(SC(F)(F)F)cc1. The quantitative estimate of drug-likeness (QED) is 0.476. The van der Waals surface area contributed by atoms with Crippen LogP contribution in [0.5, 0.6) is 0 Å². The Morgan fingerprint density at radius 2 is 1.68 bits per heavy atom. The second-order valence-electron chi connectivity index (χ2n) is 4.02. The smallest absolute Gasteiger partial charge is 0.328 e. The topological polar surface area (TPSA) is 32.3 Å². The number of rotatable bonds is 4. The van der Waals surface area contributed by atoms with Crippen LogP contribution >= 0.6 is 24.6 Å². The lowest BCUT2D eigenvalue weighted by molar-refractivity contribution is -0.123. The van der Waals surface area contributed by atoms with E-state index in [-0.39, 0.29) is 23.2 Å². The maximum atomic E-state index is 12.1. The molecule has 0 aromatic heterocycles. The van der Waals surface area contributed by atoms with Crippen LogP contribution in [-0.2, 0) is 6.54 Å². The molecule has 11 heteroatoms. The highest BCUT2D eigenvalue weighted by molar-refractivity contribution is 8.00. The van der Waals surface area contributed by atoms with Gasteiger partial charge in [0.05, 0.1) is 6.54 Å². The lowest BCUT2D eigenvalue weighted by Gasteiger charge is -2.17. The Labute approximate surface area is 131 Å². The van der Waals surface area contributed by atoms with Gasteiger partial charge in [0.2, 0.25) is 0 Å². The zero-order chi connectivity index (χ0) is 17.0. The van der Waals surface area contributed by atoms with Gasteiger partial charge in [-0.25, -0.2) is 4.79 Å². The molecule has 0 fully saturated rings. The van der Waals surface area contributed by atoms with Crippen molar-refractivity contribution < 1.29 is 31.1 Å². The van der Waals surface area contributed by atoms with Gasteiger partial charge in [0.25, 0.3) is 0 Å². The number of halogens is 6. The van der Waals surface area contributed by atoms with Crippen molar-refractivity contribution in [1.82, 2.24) is 9.62 Å². The standard InChI is InChI=1S/C11H10F6N2OS2/c12-10(13,14)6-18-9(20)19(21)5-7-1-3-8(4-2-7)22-11(15,16)17/h1-4,21H,5-6H2,(H,18,20). The third kappa shape index (κ3) is 7.69. The van der Waals surface area contributed by atoms with E-state index in [1.807, 2.05) is 0 Å². The molecule has 0 aliphatic carbocycles. The van der Waals surface area contributed by atoms with Crippen LogP contribution in [0.1, 0.15) is 5.56 Å². The molecule has 3 nitrogen and oxygen atoms in total. The van der Waals surface area contributed by atoms with E-state index in [0.29, 0.717) is 9.87 Å². The number of carbonyl (C=O) groups excluding carboxylic acids is 1. The molecule has 0 atom stereocenters. The molecular weight excluding hydrogens is 354 g/mol. The highest BCUT2D eigenvalue weighted by Gasteiger charge is 2.29. The summed E-state index contributed by atoms with van der Waals surface area (Å²) in [5.41, 5.74) is -3.99. The summed E-state index contributed by atoms with van der Waals surface area (Å²) in [6.07, 6.45) is -4.54. The van der Waals surface area contributed by atoms with Crippen LogP contribution in [0.15, 0.2) is 29.2 Å². The Morgan fingerprint density at radius 1 is 1.14 bits per heavy atom. The largest absolute Gasteiger partial charge is 0.446 e. The molecular formula is C11H10F6N2OS2. The first-order chi connectivity index (χ1) is 9.96. The molecule has 0 saturated carbocycles. The lowest BCUT2D eigenvalue weighted by Crippen LogP contribution is -2.39. The predicted octanol–water partition coefficient (Wildman–Crippen LogP) is 4.22. The number of nitrogens with zero attached hydrogens (tertiary/aromatic N) is 1. The molecule has 1 N–H and O–H groups in total. The van der Waals surface area contributed by atoms with E-state index in [9.17, 15) is 31.1 Å². The van der Waals surface area contributed by atoms with E-state index in [0.717, 1.165) is 0 Å². The van der Waals surface area contributed by atoms with Gasteiger partial charge >= 0.3 is 17.7 Å². The Morgan fingerprint density at radius 3 is 2.14 bits per heavy atom. The van der Waals surface area contributed by atoms with E-state index in [2.05, 4.69) is 12.8 Å². The molecule has 0 saturated heterocycles. The first kappa shape index (κ1) is 18.8. The predicted molar refractivity (Wildman–Crippen MR) is 72.3 cm³/mol. The van der Waals surface area contributed by atoms with Crippen LogP contribution in [0.4, 0.5) is 31.1 Å². The molecule has 0 bridgehead atoms. The first-order valence-corrected chi connectivity index (χ1v) is 6.83. The zero-order valence-electron chi connectivity index (χ0n) is 10.7. The molecule has 1 rings (SSSR count). The molecule has 0 aliphatic heterocycles. The Kier molecular flexibility index (Phi) is 6.29. The minimum Gasteiger partial charge on any atom is -0.328 e. The molecule has 124 valence electrons. The molecule has 22 heavy (non-hydrogen) atoms. The van der Waals surface area contributed by atoms with Gasteiger partial charge in [-0.15, -0.1) is 0 Å². The molecule has 2 amide bonds. The van der Waals surface area contributed by atoms with Gasteiger partial charge in [-0.05, 0) is 29.5 Å². The van der Waals surface area contributed by atoms with Crippen molar-refractivity contribution in [2.75, 3.05) is 6.54 Å². The van der Waals surface area contributed by atoms with Crippen LogP contribution in [0.3, 0.4) is 0 Å². The Bertz CT molecular complexity index is 503. The van der Waals surface area contributed by atoms with Crippen molar-refractivity contribution in [1.29, 1.82) is 0 Å². The number of urea groups is 1. The summed E-state index contributed by atoms with van der Waals surface area (Å²) in [5, 5.41) is 1.62. The number of thioether (sulfide) groups is 1. The second kappa shape index (κ2) is 7.36. The zero-order valence-corrected chi connectivity index (χ0v) is 12.4. The van der Waals surface area contributed by atoms with Crippen LogP contribution in [-0.4, -0.2) is 28.6 Å². The fraction of sp³-hybridized carbons (Fsp3) is 0.364. The summed E-state index contributed by atoms with van der Waals surface area (Å²) in [4.78, 5) is 11.3. The van der Waals surface area contributed by atoms with Crippen LogP contribution in [0, 0.1) is 0 Å². The number of hydrogen-bond acceptors (Lipinski definition) is 3. The summed E-state index contributed by atoms with van der Waals surface area (Å²) >= 11 is 3.44. The molecule has 1 aromatic carbocycles. The van der Waals surface area contributed by atoms with Gasteiger partial charge in [-0.2, -0.15) is 26.3 Å². The van der Waals surface area contributed by atoms with Crippen molar-refractivity contribution >= 4 is 30.6 Å². The molecule has 0 unspecified atom stereocenters. The summed E-state index contributed by atoms with van der Waals surface area (Å²) in [6.45, 7) is -1.66. The van der Waals surface area contributed by atoms with Gasteiger partial charge in [0.1, 0.15) is 6.54 Å². The second-order valence-corrected chi connectivity index (χ2v) is 5.64.